The first-order chi connectivity index (χ1) is 10.0. The predicted octanol–water partition coefficient (Wildman–Crippen LogP) is 2.93. The van der Waals surface area contributed by atoms with Crippen LogP contribution in [0.25, 0.3) is 0 Å². The van der Waals surface area contributed by atoms with Gasteiger partial charge in [-0.3, -0.25) is 10.1 Å². The third-order valence-corrected chi connectivity index (χ3v) is 3.66. The molecule has 0 fully saturated rings. The predicted molar refractivity (Wildman–Crippen MR) is 76.2 cm³/mol. The van der Waals surface area contributed by atoms with Gasteiger partial charge >= 0.3 is 5.97 Å². The molecule has 0 amide bonds. The van der Waals surface area contributed by atoms with E-state index in [1.54, 1.807) is 19.1 Å². The highest BCUT2D eigenvalue weighted by atomic mass is 32.1. The summed E-state index contributed by atoms with van der Waals surface area (Å²) >= 11 is 0.984. The molecule has 0 unspecified atom stereocenters. The van der Waals surface area contributed by atoms with Gasteiger partial charge in [-0.05, 0) is 30.4 Å². The molecule has 1 atom stereocenters. The number of benzene rings is 1. The molecule has 110 valence electrons. The zero-order chi connectivity index (χ0) is 15.4. The quantitative estimate of drug-likeness (QED) is 0.479. The molecule has 2 rings (SSSR count). The monoisotopic (exact) mass is 307 g/mol. The highest BCUT2D eigenvalue weighted by Gasteiger charge is 2.20. The topological polar surface area (TPSA) is 95.2 Å². The molecule has 0 spiro atoms. The van der Waals surface area contributed by atoms with E-state index in [4.69, 9.17) is 4.74 Å². The lowest BCUT2D eigenvalue weighted by Gasteiger charge is -2.12. The number of rotatable bonds is 5. The average Bonchev–Trinajstić information content (AvgIpc) is 2.95. The minimum atomic E-state index is -0.593. The molecule has 0 saturated carbocycles. The summed E-state index contributed by atoms with van der Waals surface area (Å²) in [6.07, 6.45) is -0.00392. The average molecular weight is 307 g/mol. The van der Waals surface area contributed by atoms with Crippen molar-refractivity contribution < 1.29 is 14.5 Å². The summed E-state index contributed by atoms with van der Waals surface area (Å²) in [6.45, 7) is 3.54. The van der Waals surface area contributed by atoms with Gasteiger partial charge in [-0.2, -0.15) is 0 Å². The van der Waals surface area contributed by atoms with Crippen LogP contribution in [0.4, 0.5) is 5.69 Å². The molecule has 0 N–H and O–H groups in total. The Kier molecular flexibility index (Phi) is 4.59. The smallest absolute Gasteiger partial charge is 0.352 e. The van der Waals surface area contributed by atoms with Gasteiger partial charge in [0.15, 0.2) is 4.88 Å². The van der Waals surface area contributed by atoms with E-state index in [0.717, 1.165) is 11.5 Å². The minimum Gasteiger partial charge on any atom is -0.454 e. The lowest BCUT2D eigenvalue weighted by Crippen LogP contribution is -2.10. The molecule has 1 aromatic carbocycles. The Morgan fingerprint density at radius 2 is 2.29 bits per heavy atom. The molecule has 2 aromatic rings. The van der Waals surface area contributed by atoms with Crippen molar-refractivity contribution in [2.75, 3.05) is 0 Å². The van der Waals surface area contributed by atoms with E-state index < -0.39 is 17.0 Å². The van der Waals surface area contributed by atoms with Crippen LogP contribution in [0.2, 0.25) is 0 Å². The van der Waals surface area contributed by atoms with E-state index in [9.17, 15) is 14.9 Å². The number of nitro benzene ring substituents is 1. The van der Waals surface area contributed by atoms with Crippen molar-refractivity contribution in [1.82, 2.24) is 9.59 Å². The number of hydrogen-bond donors (Lipinski definition) is 0. The third kappa shape index (κ3) is 3.40. The molecular weight excluding hydrogens is 294 g/mol. The minimum absolute atomic E-state index is 0.0379. The highest BCUT2D eigenvalue weighted by molar-refractivity contribution is 7.07. The molecule has 21 heavy (non-hydrogen) atoms. The van der Waals surface area contributed by atoms with Gasteiger partial charge in [0.2, 0.25) is 0 Å². The number of nitrogens with zero attached hydrogens (tertiary/aromatic N) is 3. The first-order valence-electron chi connectivity index (χ1n) is 6.29. The van der Waals surface area contributed by atoms with Gasteiger partial charge in [-0.15, -0.1) is 5.10 Å². The van der Waals surface area contributed by atoms with Crippen LogP contribution in [-0.2, 0) is 11.2 Å². The zero-order valence-electron chi connectivity index (χ0n) is 11.5. The number of esters is 1. The Hall–Kier alpha value is -2.35. The molecule has 0 aliphatic carbocycles. The molecule has 0 aliphatic heterocycles. The Bertz CT molecular complexity index is 671. The SMILES string of the molecule is CCc1nnsc1C(=O)O[C@H](C)c1cccc([N+](=O)[O-])c1. The number of non-ortho nitro benzene ring substituents is 1. The van der Waals surface area contributed by atoms with Crippen molar-refractivity contribution in [3.05, 3.63) is 50.5 Å². The van der Waals surface area contributed by atoms with Crippen LogP contribution in [0.1, 0.15) is 40.9 Å². The fraction of sp³-hybridized carbons (Fsp3) is 0.308. The highest BCUT2D eigenvalue weighted by Crippen LogP contribution is 2.24. The summed E-state index contributed by atoms with van der Waals surface area (Å²) in [7, 11) is 0. The summed E-state index contributed by atoms with van der Waals surface area (Å²) in [4.78, 5) is 22.7. The van der Waals surface area contributed by atoms with Crippen LogP contribution < -0.4 is 0 Å². The Morgan fingerprint density at radius 1 is 1.52 bits per heavy atom. The van der Waals surface area contributed by atoms with E-state index in [-0.39, 0.29) is 5.69 Å². The second-order valence-electron chi connectivity index (χ2n) is 4.30. The lowest BCUT2D eigenvalue weighted by atomic mass is 10.1. The van der Waals surface area contributed by atoms with Gasteiger partial charge in [0.1, 0.15) is 6.10 Å². The van der Waals surface area contributed by atoms with E-state index in [2.05, 4.69) is 9.59 Å². The lowest BCUT2D eigenvalue weighted by molar-refractivity contribution is -0.385. The van der Waals surface area contributed by atoms with Crippen LogP contribution in [0, 0.1) is 10.1 Å². The van der Waals surface area contributed by atoms with Crippen molar-refractivity contribution in [2.45, 2.75) is 26.4 Å². The molecular formula is C13H13N3O4S. The maximum atomic E-state index is 12.1. The van der Waals surface area contributed by atoms with Crippen molar-refractivity contribution in [3.8, 4) is 0 Å². The number of aryl methyl sites for hydroxylation is 1. The van der Waals surface area contributed by atoms with E-state index >= 15 is 0 Å². The largest absolute Gasteiger partial charge is 0.454 e. The van der Waals surface area contributed by atoms with Gasteiger partial charge < -0.3 is 4.74 Å². The number of hydrogen-bond acceptors (Lipinski definition) is 7. The number of ether oxygens (including phenoxy) is 1. The van der Waals surface area contributed by atoms with Crippen LogP contribution in [0.15, 0.2) is 24.3 Å². The van der Waals surface area contributed by atoms with E-state index in [0.29, 0.717) is 22.6 Å². The van der Waals surface area contributed by atoms with Crippen molar-refractivity contribution in [3.63, 3.8) is 0 Å². The third-order valence-electron chi connectivity index (χ3n) is 2.91. The van der Waals surface area contributed by atoms with Gasteiger partial charge in [-0.25, -0.2) is 4.79 Å². The molecule has 1 aromatic heterocycles. The second kappa shape index (κ2) is 6.40. The number of carbonyl (C=O) groups is 1. The maximum absolute atomic E-state index is 12.1. The van der Waals surface area contributed by atoms with Crippen LogP contribution in [0.3, 0.4) is 0 Å². The molecule has 7 nitrogen and oxygen atoms in total. The number of nitro groups is 1. The maximum Gasteiger partial charge on any atom is 0.352 e. The standard InChI is InChI=1S/C13H13N3O4S/c1-3-11-12(21-15-14-11)13(17)20-8(2)9-5-4-6-10(7-9)16(18)19/h4-8H,3H2,1-2H3/t8-/m1/s1. The Labute approximate surface area is 124 Å². The number of aromatic nitrogens is 2. The molecule has 8 heteroatoms. The van der Waals surface area contributed by atoms with Gasteiger partial charge in [0, 0.05) is 12.1 Å². The van der Waals surface area contributed by atoms with E-state index in [1.807, 2.05) is 6.92 Å². The normalized spacial score (nSPS) is 11.9. The first-order valence-corrected chi connectivity index (χ1v) is 7.06. The van der Waals surface area contributed by atoms with Crippen molar-refractivity contribution in [2.24, 2.45) is 0 Å². The fourth-order valence-corrected chi connectivity index (χ4v) is 2.40. The molecule has 0 radical (unpaired) electrons. The fourth-order valence-electron chi connectivity index (χ4n) is 1.77. The first kappa shape index (κ1) is 15.0. The molecule has 0 saturated heterocycles. The molecule has 1 heterocycles. The van der Waals surface area contributed by atoms with Gasteiger partial charge in [0.25, 0.3) is 5.69 Å². The van der Waals surface area contributed by atoms with Crippen LogP contribution >= 0.6 is 11.5 Å². The van der Waals surface area contributed by atoms with Crippen LogP contribution in [0.5, 0.6) is 0 Å². The zero-order valence-corrected chi connectivity index (χ0v) is 12.3. The molecule has 0 aliphatic rings. The Morgan fingerprint density at radius 3 is 2.95 bits per heavy atom. The van der Waals surface area contributed by atoms with E-state index in [1.165, 1.54) is 12.1 Å². The number of carbonyl (C=O) groups excluding carboxylic acids is 1. The summed E-state index contributed by atoms with van der Waals surface area (Å²) in [5, 5.41) is 14.6. The summed E-state index contributed by atoms with van der Waals surface area (Å²) in [5.41, 5.74) is 1.12. The summed E-state index contributed by atoms with van der Waals surface area (Å²) < 4.78 is 9.06. The van der Waals surface area contributed by atoms with Gasteiger partial charge in [-0.1, -0.05) is 23.5 Å². The van der Waals surface area contributed by atoms with Gasteiger partial charge in [0.05, 0.1) is 10.6 Å². The van der Waals surface area contributed by atoms with Crippen molar-refractivity contribution in [1.29, 1.82) is 0 Å². The van der Waals surface area contributed by atoms with Crippen LogP contribution in [-0.4, -0.2) is 20.5 Å². The summed E-state index contributed by atoms with van der Waals surface area (Å²) in [5.74, 6) is -0.513. The summed E-state index contributed by atoms with van der Waals surface area (Å²) in [6, 6.07) is 6.02. The molecule has 0 bridgehead atoms. The Balaban J connectivity index is 2.14. The second-order valence-corrected chi connectivity index (χ2v) is 5.06. The van der Waals surface area contributed by atoms with Crippen molar-refractivity contribution >= 4 is 23.2 Å².